The Hall–Kier alpha value is -2.74. The van der Waals surface area contributed by atoms with E-state index in [1.54, 1.807) is 27.8 Å². The molecule has 3 heterocycles. The van der Waals surface area contributed by atoms with Crippen LogP contribution >= 0.6 is 0 Å². The molecule has 0 radical (unpaired) electrons. The summed E-state index contributed by atoms with van der Waals surface area (Å²) < 4.78 is 14.7. The van der Waals surface area contributed by atoms with Gasteiger partial charge in [0, 0.05) is 32.2 Å². The van der Waals surface area contributed by atoms with Gasteiger partial charge in [-0.3, -0.25) is 14.3 Å². The quantitative estimate of drug-likeness (QED) is 0.805. The highest BCUT2D eigenvalue weighted by molar-refractivity contribution is 5.98. The van der Waals surface area contributed by atoms with Crippen LogP contribution < -0.4 is 5.32 Å². The summed E-state index contributed by atoms with van der Waals surface area (Å²) in [5, 5.41) is 7.22. The van der Waals surface area contributed by atoms with Gasteiger partial charge in [0.2, 0.25) is 0 Å². The van der Waals surface area contributed by atoms with Crippen molar-refractivity contribution in [2.24, 2.45) is 0 Å². The molecule has 0 unspecified atom stereocenters. The predicted molar refractivity (Wildman–Crippen MR) is 106 cm³/mol. The number of benzene rings is 1. The van der Waals surface area contributed by atoms with Crippen LogP contribution in [0.5, 0.6) is 0 Å². The first-order valence-electron chi connectivity index (χ1n) is 10.2. The number of piperidine rings is 1. The van der Waals surface area contributed by atoms with E-state index in [9.17, 15) is 14.0 Å². The Morgan fingerprint density at radius 1 is 1.07 bits per heavy atom. The molecule has 1 saturated heterocycles. The third kappa shape index (κ3) is 4.64. The first-order chi connectivity index (χ1) is 14.1. The van der Waals surface area contributed by atoms with Gasteiger partial charge in [-0.25, -0.2) is 4.39 Å². The molecule has 2 aliphatic rings. The first-order valence-corrected chi connectivity index (χ1v) is 10.2. The molecule has 0 atom stereocenters. The van der Waals surface area contributed by atoms with Gasteiger partial charge in [0.25, 0.3) is 11.8 Å². The summed E-state index contributed by atoms with van der Waals surface area (Å²) in [7, 11) is 0. The largest absolute Gasteiger partial charge is 0.349 e. The minimum Gasteiger partial charge on any atom is -0.349 e. The number of nitrogens with one attached hydrogen (secondary N) is 1. The number of carbonyl (C=O) groups excluding carboxylic acids is 2. The van der Waals surface area contributed by atoms with Gasteiger partial charge in [-0.15, -0.1) is 0 Å². The Labute approximate surface area is 169 Å². The molecule has 29 heavy (non-hydrogen) atoms. The molecule has 0 bridgehead atoms. The van der Waals surface area contributed by atoms with Crippen LogP contribution in [0.1, 0.15) is 45.8 Å². The van der Waals surface area contributed by atoms with Gasteiger partial charge in [0.1, 0.15) is 11.5 Å². The fourth-order valence-corrected chi connectivity index (χ4v) is 3.91. The number of hydrogen-bond donors (Lipinski definition) is 1. The number of rotatable bonds is 6. The van der Waals surface area contributed by atoms with Crippen molar-refractivity contribution in [2.75, 3.05) is 32.7 Å². The molecule has 2 aliphatic heterocycles. The van der Waals surface area contributed by atoms with Gasteiger partial charge < -0.3 is 15.1 Å². The van der Waals surface area contributed by atoms with Crippen LogP contribution in [0.15, 0.2) is 30.3 Å². The number of halogens is 1. The third-order valence-electron chi connectivity index (χ3n) is 5.55. The Kier molecular flexibility index (Phi) is 5.89. The average molecular weight is 399 g/mol. The van der Waals surface area contributed by atoms with Crippen LogP contribution in [0.3, 0.4) is 0 Å². The van der Waals surface area contributed by atoms with E-state index in [2.05, 4.69) is 15.3 Å². The lowest BCUT2D eigenvalue weighted by atomic mass is 10.1. The molecule has 2 aromatic rings. The van der Waals surface area contributed by atoms with Gasteiger partial charge in [-0.1, -0.05) is 18.6 Å². The molecule has 2 amide bonds. The van der Waals surface area contributed by atoms with Crippen molar-refractivity contribution in [1.29, 1.82) is 0 Å². The maximum atomic E-state index is 13.1. The van der Waals surface area contributed by atoms with E-state index in [4.69, 9.17) is 0 Å². The van der Waals surface area contributed by atoms with E-state index in [1.807, 2.05) is 0 Å². The van der Waals surface area contributed by atoms with Crippen LogP contribution in [-0.4, -0.2) is 64.1 Å². The molecule has 154 valence electrons. The molecule has 1 aromatic carbocycles. The zero-order valence-electron chi connectivity index (χ0n) is 16.4. The Balaban J connectivity index is 1.34. The van der Waals surface area contributed by atoms with Crippen LogP contribution in [0.4, 0.5) is 4.39 Å². The molecule has 4 rings (SSSR count). The van der Waals surface area contributed by atoms with E-state index >= 15 is 0 Å². The van der Waals surface area contributed by atoms with Gasteiger partial charge in [-0.05, 0) is 43.6 Å². The number of amides is 2. The number of aromatic nitrogens is 2. The second kappa shape index (κ2) is 8.73. The highest BCUT2D eigenvalue weighted by Crippen LogP contribution is 2.17. The maximum absolute atomic E-state index is 13.1. The lowest BCUT2D eigenvalue weighted by Gasteiger charge is -2.27. The highest BCUT2D eigenvalue weighted by atomic mass is 19.1. The second-order valence-electron chi connectivity index (χ2n) is 7.65. The summed E-state index contributed by atoms with van der Waals surface area (Å²) in [4.78, 5) is 29.3. The van der Waals surface area contributed by atoms with Crippen LogP contribution in [-0.2, 0) is 13.1 Å². The molecule has 0 saturated carbocycles. The standard InChI is InChI=1S/C21H26FN5O2/c22-17-6-4-16(5-7-17)15-26-12-13-27-19(21(26)29)14-18(24-27)20(28)23-8-11-25-9-2-1-3-10-25/h4-7,14H,1-3,8-13,15H2,(H,23,28). The van der Waals surface area contributed by atoms with Crippen molar-refractivity contribution in [3.63, 3.8) is 0 Å². The molecule has 7 nitrogen and oxygen atoms in total. The molecule has 0 spiro atoms. The normalized spacial score (nSPS) is 17.3. The maximum Gasteiger partial charge on any atom is 0.272 e. The molecular formula is C21H26FN5O2. The lowest BCUT2D eigenvalue weighted by Crippen LogP contribution is -2.39. The molecule has 1 aromatic heterocycles. The summed E-state index contributed by atoms with van der Waals surface area (Å²) in [5.74, 6) is -0.713. The third-order valence-corrected chi connectivity index (χ3v) is 5.55. The minimum absolute atomic E-state index is 0.166. The zero-order chi connectivity index (χ0) is 20.2. The van der Waals surface area contributed by atoms with Crippen molar-refractivity contribution < 1.29 is 14.0 Å². The van der Waals surface area contributed by atoms with Gasteiger partial charge in [0.05, 0.1) is 6.54 Å². The molecule has 1 N–H and O–H groups in total. The van der Waals surface area contributed by atoms with E-state index < -0.39 is 0 Å². The van der Waals surface area contributed by atoms with Crippen molar-refractivity contribution in [3.05, 3.63) is 53.1 Å². The van der Waals surface area contributed by atoms with Gasteiger partial charge in [-0.2, -0.15) is 5.10 Å². The monoisotopic (exact) mass is 399 g/mol. The SMILES string of the molecule is O=C(NCCN1CCCCC1)c1cc2n(n1)CCN(Cc1ccc(F)cc1)C2=O. The minimum atomic E-state index is -0.298. The molecular weight excluding hydrogens is 373 g/mol. The van der Waals surface area contributed by atoms with Crippen LogP contribution in [0.2, 0.25) is 0 Å². The Bertz CT molecular complexity index is 874. The number of fused-ring (bicyclic) bond motifs is 1. The number of hydrogen-bond acceptors (Lipinski definition) is 4. The number of carbonyl (C=O) groups is 2. The van der Waals surface area contributed by atoms with Crippen LogP contribution in [0.25, 0.3) is 0 Å². The lowest BCUT2D eigenvalue weighted by molar-refractivity contribution is 0.0683. The molecule has 1 fully saturated rings. The Morgan fingerprint density at radius 3 is 2.59 bits per heavy atom. The van der Waals surface area contributed by atoms with E-state index in [0.717, 1.165) is 25.2 Å². The fourth-order valence-electron chi connectivity index (χ4n) is 3.91. The summed E-state index contributed by atoms with van der Waals surface area (Å²) in [6.07, 6.45) is 3.73. The van der Waals surface area contributed by atoms with E-state index in [0.29, 0.717) is 31.9 Å². The summed E-state index contributed by atoms with van der Waals surface area (Å²) in [6.45, 7) is 5.03. The van der Waals surface area contributed by atoms with Crippen molar-refractivity contribution in [2.45, 2.75) is 32.4 Å². The summed E-state index contributed by atoms with van der Waals surface area (Å²) >= 11 is 0. The van der Waals surface area contributed by atoms with Crippen LogP contribution in [0, 0.1) is 5.82 Å². The van der Waals surface area contributed by atoms with Gasteiger partial charge in [0.15, 0.2) is 5.69 Å². The smallest absolute Gasteiger partial charge is 0.272 e. The molecule has 0 aliphatic carbocycles. The van der Waals surface area contributed by atoms with Crippen molar-refractivity contribution in [1.82, 2.24) is 24.9 Å². The van der Waals surface area contributed by atoms with E-state index in [-0.39, 0.29) is 23.3 Å². The van der Waals surface area contributed by atoms with E-state index in [1.165, 1.54) is 31.4 Å². The zero-order valence-corrected chi connectivity index (χ0v) is 16.4. The predicted octanol–water partition coefficient (Wildman–Crippen LogP) is 1.89. The Morgan fingerprint density at radius 2 is 1.83 bits per heavy atom. The average Bonchev–Trinajstić information content (AvgIpc) is 3.18. The molecule has 8 heteroatoms. The highest BCUT2D eigenvalue weighted by Gasteiger charge is 2.28. The van der Waals surface area contributed by atoms with Gasteiger partial charge >= 0.3 is 0 Å². The second-order valence-corrected chi connectivity index (χ2v) is 7.65. The summed E-state index contributed by atoms with van der Waals surface area (Å²) in [5.41, 5.74) is 1.55. The summed E-state index contributed by atoms with van der Waals surface area (Å²) in [6, 6.07) is 7.70. The topological polar surface area (TPSA) is 70.5 Å². The number of nitrogens with zero attached hydrogens (tertiary/aromatic N) is 4. The fraction of sp³-hybridized carbons (Fsp3) is 0.476. The number of likely N-dealkylation sites (tertiary alicyclic amines) is 1. The van der Waals surface area contributed by atoms with Crippen molar-refractivity contribution in [3.8, 4) is 0 Å². The van der Waals surface area contributed by atoms with Crippen molar-refractivity contribution >= 4 is 11.8 Å². The first kappa shape index (κ1) is 19.6.